The Morgan fingerprint density at radius 3 is 2.45 bits per heavy atom. The molecule has 4 aromatic rings. The van der Waals surface area contributed by atoms with Gasteiger partial charge in [0.1, 0.15) is 4.21 Å². The van der Waals surface area contributed by atoms with Crippen LogP contribution in [0.5, 0.6) is 0 Å². The van der Waals surface area contributed by atoms with Gasteiger partial charge in [-0.25, -0.2) is 17.9 Å². The van der Waals surface area contributed by atoms with Crippen molar-refractivity contribution in [3.63, 3.8) is 0 Å². The highest BCUT2D eigenvalue weighted by atomic mass is 35.5. The highest BCUT2D eigenvalue weighted by Gasteiger charge is 2.19. The first kappa shape index (κ1) is 20.9. The van der Waals surface area contributed by atoms with Crippen LogP contribution in [-0.2, 0) is 10.0 Å². The number of nitrogens with two attached hydrogens (primary N) is 1. The Bertz CT molecular complexity index is 1460. The van der Waals surface area contributed by atoms with Crippen LogP contribution in [0, 0.1) is 0 Å². The molecule has 2 amide bonds. The van der Waals surface area contributed by atoms with Crippen LogP contribution in [-0.4, -0.2) is 19.0 Å². The molecule has 4 N–H and O–H groups in total. The van der Waals surface area contributed by atoms with Gasteiger partial charge in [0.05, 0.1) is 4.34 Å². The maximum absolute atomic E-state index is 12.8. The Hall–Kier alpha value is -3.34. The molecule has 0 aliphatic carbocycles. The van der Waals surface area contributed by atoms with Crippen LogP contribution < -0.4 is 21.3 Å². The van der Waals surface area contributed by atoms with Crippen LogP contribution in [0.4, 0.5) is 16.2 Å². The van der Waals surface area contributed by atoms with Crippen molar-refractivity contribution in [1.29, 1.82) is 0 Å². The van der Waals surface area contributed by atoms with E-state index in [2.05, 4.69) is 5.32 Å². The molecule has 0 aliphatic heterocycles. The normalized spacial score (nSPS) is 11.4. The average Bonchev–Trinajstić information content (AvgIpc) is 3.16. The Morgan fingerprint density at radius 2 is 1.77 bits per heavy atom. The second-order valence-electron chi connectivity index (χ2n) is 6.50. The van der Waals surface area contributed by atoms with E-state index in [1.165, 1.54) is 16.7 Å². The first-order valence-electron chi connectivity index (χ1n) is 8.83. The SMILES string of the molecule is Nc1ccc2c(=O)n(-c3ccc(NC(=O)NS(=O)(=O)c4ccc(Cl)s4)cc3)ccc2c1. The fraction of sp³-hybridized carbons (Fsp3) is 0. The number of benzene rings is 2. The number of rotatable bonds is 4. The van der Waals surface area contributed by atoms with Crippen molar-refractivity contribution in [2.75, 3.05) is 11.1 Å². The van der Waals surface area contributed by atoms with Crippen LogP contribution in [0.2, 0.25) is 4.34 Å². The number of halogens is 1. The zero-order valence-corrected chi connectivity index (χ0v) is 18.1. The number of nitrogen functional groups attached to an aromatic ring is 1. The summed E-state index contributed by atoms with van der Waals surface area (Å²) in [4.78, 5) is 24.9. The third-order valence-corrected chi connectivity index (χ3v) is 7.43. The molecule has 158 valence electrons. The third kappa shape index (κ3) is 4.41. The Balaban J connectivity index is 1.52. The van der Waals surface area contributed by atoms with Gasteiger partial charge in [0.15, 0.2) is 0 Å². The lowest BCUT2D eigenvalue weighted by Crippen LogP contribution is -2.33. The summed E-state index contributed by atoms with van der Waals surface area (Å²) in [7, 11) is -4.02. The number of fused-ring (bicyclic) bond motifs is 1. The lowest BCUT2D eigenvalue weighted by Gasteiger charge is -2.10. The van der Waals surface area contributed by atoms with Crippen LogP contribution in [0.25, 0.3) is 16.5 Å². The summed E-state index contributed by atoms with van der Waals surface area (Å²) < 4.78 is 28.0. The molecule has 0 spiro atoms. The molecular weight excluding hydrogens is 460 g/mol. The van der Waals surface area contributed by atoms with Gasteiger partial charge >= 0.3 is 6.03 Å². The molecule has 2 heterocycles. The van der Waals surface area contributed by atoms with Crippen LogP contribution in [0.1, 0.15) is 0 Å². The number of nitrogens with zero attached hydrogens (tertiary/aromatic N) is 1. The van der Waals surface area contributed by atoms with Gasteiger partial charge in [-0.3, -0.25) is 9.36 Å². The fourth-order valence-corrected chi connectivity index (χ4v) is 5.34. The minimum atomic E-state index is -4.02. The number of urea groups is 1. The second-order valence-corrected chi connectivity index (χ2v) is 10.1. The van der Waals surface area contributed by atoms with Crippen molar-refractivity contribution < 1.29 is 13.2 Å². The fourth-order valence-electron chi connectivity index (χ4n) is 2.95. The van der Waals surface area contributed by atoms with Gasteiger partial charge < -0.3 is 11.1 Å². The van der Waals surface area contributed by atoms with Gasteiger partial charge in [-0.05, 0) is 66.0 Å². The molecule has 0 fully saturated rings. The number of nitrogens with one attached hydrogen (secondary N) is 2. The molecular formula is C20H15ClN4O4S2. The predicted octanol–water partition coefficient (Wildman–Crippen LogP) is 3.80. The lowest BCUT2D eigenvalue weighted by atomic mass is 10.1. The number of thiophene rings is 1. The molecule has 4 rings (SSSR count). The van der Waals surface area contributed by atoms with E-state index in [4.69, 9.17) is 17.3 Å². The molecule has 2 aromatic heterocycles. The van der Waals surface area contributed by atoms with Gasteiger partial charge in [0, 0.05) is 28.6 Å². The van der Waals surface area contributed by atoms with Gasteiger partial charge in [0.25, 0.3) is 15.6 Å². The first-order valence-corrected chi connectivity index (χ1v) is 11.5. The molecule has 0 bridgehead atoms. The maximum atomic E-state index is 12.8. The van der Waals surface area contributed by atoms with Gasteiger partial charge in [-0.15, -0.1) is 11.3 Å². The van der Waals surface area contributed by atoms with Gasteiger partial charge in [-0.2, -0.15) is 0 Å². The number of amides is 2. The highest BCUT2D eigenvalue weighted by molar-refractivity contribution is 7.92. The summed E-state index contributed by atoms with van der Waals surface area (Å²) in [5.41, 5.74) is 7.05. The van der Waals surface area contributed by atoms with E-state index >= 15 is 0 Å². The highest BCUT2D eigenvalue weighted by Crippen LogP contribution is 2.25. The molecule has 2 aromatic carbocycles. The average molecular weight is 475 g/mol. The summed E-state index contributed by atoms with van der Waals surface area (Å²) >= 11 is 6.59. The minimum absolute atomic E-state index is 0.0690. The van der Waals surface area contributed by atoms with Crippen molar-refractivity contribution in [3.05, 3.63) is 81.6 Å². The van der Waals surface area contributed by atoms with E-state index in [9.17, 15) is 18.0 Å². The summed E-state index contributed by atoms with van der Waals surface area (Å²) in [6.07, 6.45) is 1.64. The van der Waals surface area contributed by atoms with Gasteiger partial charge in [0.2, 0.25) is 0 Å². The molecule has 0 radical (unpaired) electrons. The van der Waals surface area contributed by atoms with Crippen molar-refractivity contribution in [2.24, 2.45) is 0 Å². The molecule has 31 heavy (non-hydrogen) atoms. The van der Waals surface area contributed by atoms with Crippen molar-refractivity contribution in [1.82, 2.24) is 9.29 Å². The number of anilines is 2. The largest absolute Gasteiger partial charge is 0.399 e. The zero-order chi connectivity index (χ0) is 22.2. The molecule has 11 heteroatoms. The predicted molar refractivity (Wildman–Crippen MR) is 123 cm³/mol. The van der Waals surface area contributed by atoms with E-state index in [1.807, 2.05) is 4.72 Å². The second kappa shape index (κ2) is 8.06. The van der Waals surface area contributed by atoms with Crippen molar-refractivity contribution in [3.8, 4) is 5.69 Å². The molecule has 0 saturated carbocycles. The Morgan fingerprint density at radius 1 is 1.03 bits per heavy atom. The van der Waals surface area contributed by atoms with Crippen LogP contribution in [0.15, 0.2) is 75.9 Å². The summed E-state index contributed by atoms with van der Waals surface area (Å²) in [6, 6.07) is 15.1. The summed E-state index contributed by atoms with van der Waals surface area (Å²) in [6.45, 7) is 0. The van der Waals surface area contributed by atoms with E-state index in [1.54, 1.807) is 54.7 Å². The summed E-state index contributed by atoms with van der Waals surface area (Å²) in [5.74, 6) is 0. The lowest BCUT2D eigenvalue weighted by molar-refractivity contribution is 0.256. The van der Waals surface area contributed by atoms with Crippen LogP contribution in [0.3, 0.4) is 0 Å². The molecule has 0 atom stereocenters. The number of aromatic nitrogens is 1. The number of hydrogen-bond donors (Lipinski definition) is 3. The topological polar surface area (TPSA) is 123 Å². The minimum Gasteiger partial charge on any atom is -0.399 e. The van der Waals surface area contributed by atoms with E-state index in [0.717, 1.165) is 16.7 Å². The number of pyridine rings is 1. The smallest absolute Gasteiger partial charge is 0.333 e. The molecule has 0 saturated heterocycles. The number of carbonyl (C=O) groups is 1. The van der Waals surface area contributed by atoms with E-state index in [0.29, 0.717) is 26.8 Å². The monoisotopic (exact) mass is 474 g/mol. The quantitative estimate of drug-likeness (QED) is 0.388. The zero-order valence-electron chi connectivity index (χ0n) is 15.7. The van der Waals surface area contributed by atoms with Crippen molar-refractivity contribution >= 4 is 61.1 Å². The number of carbonyl (C=O) groups excluding carboxylic acids is 1. The van der Waals surface area contributed by atoms with Crippen molar-refractivity contribution in [2.45, 2.75) is 4.21 Å². The molecule has 0 aliphatic rings. The standard InChI is InChI=1S/C20H15ClN4O4S2/c21-17-7-8-18(30-17)31(28,29)24-20(27)23-14-2-4-15(5-3-14)25-10-9-12-11-13(22)1-6-16(12)19(25)26/h1-11H,22H2,(H2,23,24,27). The maximum Gasteiger partial charge on any atom is 0.333 e. The van der Waals surface area contributed by atoms with Crippen LogP contribution >= 0.6 is 22.9 Å². The Kier molecular flexibility index (Phi) is 5.44. The number of hydrogen-bond acceptors (Lipinski definition) is 6. The van der Waals surface area contributed by atoms with E-state index in [-0.39, 0.29) is 9.77 Å². The first-order chi connectivity index (χ1) is 14.7. The Labute approximate surface area is 185 Å². The number of sulfonamides is 1. The molecule has 8 nitrogen and oxygen atoms in total. The van der Waals surface area contributed by atoms with Gasteiger partial charge in [-0.1, -0.05) is 11.6 Å². The summed E-state index contributed by atoms with van der Waals surface area (Å²) in [5, 5.41) is 3.71. The molecule has 0 unspecified atom stereocenters. The third-order valence-electron chi connectivity index (χ3n) is 4.37. The van der Waals surface area contributed by atoms with E-state index < -0.39 is 16.1 Å².